The zero-order valence-corrected chi connectivity index (χ0v) is 45.1. The van der Waals surface area contributed by atoms with Gasteiger partial charge in [0.05, 0.1) is 54.9 Å². The smallest absolute Gasteiger partial charge is 0.330 e. The number of carbonyl (C=O) groups excluding carboxylic acids is 2. The molecule has 0 amide bonds. The Bertz CT molecular complexity index is 1770. The summed E-state index contributed by atoms with van der Waals surface area (Å²) >= 11 is 0. The Morgan fingerprint density at radius 2 is 1.46 bits per heavy atom. The molecule has 14 N–H and O–H groups in total. The summed E-state index contributed by atoms with van der Waals surface area (Å²) in [5.74, 6) is -8.53. The number of nitrogens with one attached hydrogen (secondary N) is 1. The number of unbranched alkanes of at least 4 members (excludes halogenated alkanes) is 2. The van der Waals surface area contributed by atoms with Crippen LogP contribution in [-0.4, -0.2) is 173 Å². The van der Waals surface area contributed by atoms with Gasteiger partial charge in [-0.2, -0.15) is 0 Å². The van der Waals surface area contributed by atoms with Crippen LogP contribution in [0.5, 0.6) is 0 Å². The lowest BCUT2D eigenvalue weighted by Crippen LogP contribution is -2.60. The number of allylic oxidation sites excluding steroid dienone is 2. The van der Waals surface area contributed by atoms with Gasteiger partial charge in [0.2, 0.25) is 0 Å². The zero-order valence-electron chi connectivity index (χ0n) is 45.1. The van der Waals surface area contributed by atoms with E-state index >= 15 is 0 Å². The number of nitrogens with zero attached hydrogens (tertiary/aromatic N) is 1. The van der Waals surface area contributed by atoms with Gasteiger partial charge in [-0.3, -0.25) is 14.6 Å². The highest BCUT2D eigenvalue weighted by molar-refractivity contribution is 5.90. The maximum absolute atomic E-state index is 13.5. The van der Waals surface area contributed by atoms with Crippen molar-refractivity contribution in [3.63, 3.8) is 0 Å². The molecule has 2 aliphatic rings. The molecule has 74 heavy (non-hydrogen) atoms. The highest BCUT2D eigenvalue weighted by Gasteiger charge is 2.50. The molecule has 0 saturated carbocycles. The van der Waals surface area contributed by atoms with Crippen LogP contribution in [0.25, 0.3) is 0 Å². The average Bonchev–Trinajstić information content (AvgIpc) is 3.32. The summed E-state index contributed by atoms with van der Waals surface area (Å²) in [6, 6.07) is 0. The average molecular weight is 1060 g/mol. The number of aliphatic hydroxyl groups is 10. The molecule has 2 bridgehead atoms. The van der Waals surface area contributed by atoms with Gasteiger partial charge in [-0.15, -0.1) is 0 Å². The van der Waals surface area contributed by atoms with Crippen molar-refractivity contribution in [2.24, 2.45) is 52.2 Å². The van der Waals surface area contributed by atoms with Crippen molar-refractivity contribution in [2.45, 2.75) is 224 Å². The van der Waals surface area contributed by atoms with E-state index in [1.807, 2.05) is 13.8 Å². The minimum atomic E-state index is -2.52. The van der Waals surface area contributed by atoms with Crippen LogP contribution in [0.2, 0.25) is 0 Å². The largest absolute Gasteiger partial charge is 0.481 e. The van der Waals surface area contributed by atoms with Gasteiger partial charge in [-0.25, -0.2) is 4.79 Å². The number of aliphatic hydroxyl groups excluding tert-OH is 9. The van der Waals surface area contributed by atoms with Crippen LogP contribution in [-0.2, 0) is 28.6 Å². The molecule has 0 aromatic heterocycles. The first-order valence-corrected chi connectivity index (χ1v) is 26.8. The number of hydrogen-bond donors (Lipinski definition) is 13. The summed E-state index contributed by atoms with van der Waals surface area (Å²) in [4.78, 5) is 41.4. The summed E-state index contributed by atoms with van der Waals surface area (Å²) in [7, 11) is 1.63. The van der Waals surface area contributed by atoms with Gasteiger partial charge >= 0.3 is 17.9 Å². The topological polar surface area (TPSA) is 352 Å². The molecule has 1 fully saturated rings. The van der Waals surface area contributed by atoms with Crippen LogP contribution in [0, 0.1) is 41.4 Å². The van der Waals surface area contributed by atoms with E-state index in [1.165, 1.54) is 18.2 Å². The number of rotatable bonds is 14. The van der Waals surface area contributed by atoms with Crippen molar-refractivity contribution in [3.8, 4) is 0 Å². The van der Waals surface area contributed by atoms with E-state index in [4.69, 9.17) is 19.9 Å². The molecule has 0 aromatic carbocycles. The van der Waals surface area contributed by atoms with Gasteiger partial charge in [0.25, 0.3) is 0 Å². The highest BCUT2D eigenvalue weighted by Crippen LogP contribution is 2.36. The Morgan fingerprint density at radius 3 is 2.11 bits per heavy atom. The van der Waals surface area contributed by atoms with Crippen LogP contribution in [0.3, 0.4) is 0 Å². The number of carboxylic acid groups (broad SMARTS) is 1. The predicted molar refractivity (Wildman–Crippen MR) is 278 cm³/mol. The number of ether oxygens (including phenoxy) is 3. The fourth-order valence-corrected chi connectivity index (χ4v) is 9.77. The molecule has 20 nitrogen and oxygen atoms in total. The minimum absolute atomic E-state index is 0.0910. The van der Waals surface area contributed by atoms with E-state index < -0.39 is 139 Å². The SMILES string of the molecule is CN=C(N)NCCC/C=C/CCCC(C)CC(C)C1OC(=O)/C=C\C(C)C(O)CC(O)C(C)C(O)CCC(C)C(O)CC2(O)OC(CC(OC(=O)CC(=O)O)CC(O)CC(O)C(C)C(O)/C=C/C1C)CC(O)C2O. The molecule has 0 aliphatic carbocycles. The molecule has 0 aromatic rings. The van der Waals surface area contributed by atoms with E-state index in [2.05, 4.69) is 29.4 Å². The zero-order chi connectivity index (χ0) is 55.9. The van der Waals surface area contributed by atoms with Gasteiger partial charge in [-0.1, -0.05) is 85.3 Å². The van der Waals surface area contributed by atoms with Crippen molar-refractivity contribution in [2.75, 3.05) is 13.6 Å². The van der Waals surface area contributed by atoms with E-state index in [0.29, 0.717) is 12.4 Å². The molecule has 2 heterocycles. The first-order valence-electron chi connectivity index (χ1n) is 26.8. The van der Waals surface area contributed by atoms with E-state index in [0.717, 1.165) is 38.6 Å². The van der Waals surface area contributed by atoms with Crippen LogP contribution >= 0.6 is 0 Å². The molecule has 2 rings (SSSR count). The molecule has 20 heteroatoms. The number of cyclic esters (lactones) is 1. The monoisotopic (exact) mass is 1060 g/mol. The third kappa shape index (κ3) is 24.2. The van der Waals surface area contributed by atoms with Crippen LogP contribution in [0.1, 0.15) is 145 Å². The number of aliphatic carboxylic acids is 1. The molecule has 2 aliphatic heterocycles. The van der Waals surface area contributed by atoms with Crippen LogP contribution in [0.4, 0.5) is 0 Å². The van der Waals surface area contributed by atoms with E-state index in [1.54, 1.807) is 40.8 Å². The van der Waals surface area contributed by atoms with Gasteiger partial charge in [-0.05, 0) is 69.1 Å². The molecule has 0 radical (unpaired) electrons. The lowest BCUT2D eigenvalue weighted by Gasteiger charge is -2.45. The minimum Gasteiger partial charge on any atom is -0.481 e. The third-order valence-corrected chi connectivity index (χ3v) is 15.0. The van der Waals surface area contributed by atoms with Gasteiger partial charge in [0, 0.05) is 75.4 Å². The lowest BCUT2D eigenvalue weighted by molar-refractivity contribution is -0.333. The van der Waals surface area contributed by atoms with Crippen molar-refractivity contribution in [1.29, 1.82) is 0 Å². The fraction of sp³-hybridized carbons (Fsp3) is 0.815. The van der Waals surface area contributed by atoms with Crippen LogP contribution < -0.4 is 11.1 Å². The second kappa shape index (κ2) is 33.6. The Hall–Kier alpha value is -3.54. The fourth-order valence-electron chi connectivity index (χ4n) is 9.77. The number of carboxylic acids is 1. The Morgan fingerprint density at radius 1 is 0.811 bits per heavy atom. The number of nitrogens with two attached hydrogens (primary N) is 1. The van der Waals surface area contributed by atoms with E-state index in [-0.39, 0.29) is 56.8 Å². The standard InChI is InChI=1S/C54H95N3O17/c1-31(15-13-11-9-10-12-14-22-57-53(55)56-8)23-35(5)51-34(4)17-20-42(60)36(6)44(62)25-38(58)24-39(72-50(69)29-48(66)67)26-40-27-46(64)52(70)54(71,74-40)30-47(65)33(3)16-19-41(59)37(7)45(63)28-43(61)32(2)18-21-49(68)73-51/h9-10,17-18,20-21,31-47,51-52,58-65,70-71H,11-16,19,22-30H2,1-8H3,(H,66,67)(H3,55,56,57)/b10-9+,20-17+,21-18-. The third-order valence-electron chi connectivity index (χ3n) is 15.0. The maximum atomic E-state index is 13.5. The Labute approximate surface area is 438 Å². The number of aliphatic imine (C=N–C) groups is 1. The number of guanidine groups is 1. The normalized spacial score (nSPS) is 38.2. The second-order valence-electron chi connectivity index (χ2n) is 21.7. The van der Waals surface area contributed by atoms with Crippen LogP contribution in [0.15, 0.2) is 41.4 Å². The van der Waals surface area contributed by atoms with Gasteiger partial charge in [0.15, 0.2) is 11.7 Å². The molecule has 1 saturated heterocycles. The summed E-state index contributed by atoms with van der Waals surface area (Å²) in [5.41, 5.74) is 5.67. The highest BCUT2D eigenvalue weighted by atomic mass is 16.7. The number of carbonyl (C=O) groups is 3. The van der Waals surface area contributed by atoms with Gasteiger partial charge in [0.1, 0.15) is 24.7 Å². The summed E-state index contributed by atoms with van der Waals surface area (Å²) in [5, 5.41) is 124. The summed E-state index contributed by atoms with van der Waals surface area (Å²) < 4.78 is 17.4. The first kappa shape index (κ1) is 66.6. The predicted octanol–water partition coefficient (Wildman–Crippen LogP) is 2.75. The molecule has 20 atom stereocenters. The molecule has 0 spiro atoms. The molecule has 428 valence electrons. The number of fused-ring (bicyclic) bond motifs is 2. The Balaban J connectivity index is 2.41. The molecule has 20 unspecified atom stereocenters. The van der Waals surface area contributed by atoms with E-state index in [9.17, 15) is 70.6 Å². The van der Waals surface area contributed by atoms with Crippen molar-refractivity contribution in [1.82, 2.24) is 5.32 Å². The van der Waals surface area contributed by atoms with Crippen molar-refractivity contribution >= 4 is 23.9 Å². The summed E-state index contributed by atoms with van der Waals surface area (Å²) in [6.07, 6.45) is -2.38. The Kier molecular flexibility index (Phi) is 30.2. The van der Waals surface area contributed by atoms with Gasteiger partial charge < -0.3 is 81.4 Å². The van der Waals surface area contributed by atoms with Crippen molar-refractivity contribution in [3.05, 3.63) is 36.5 Å². The quantitative estimate of drug-likeness (QED) is 0.0297. The number of esters is 2. The summed E-state index contributed by atoms with van der Waals surface area (Å²) in [6.45, 7) is 13.2. The first-order chi connectivity index (χ1) is 34.7. The molecular formula is C54H95N3O17. The van der Waals surface area contributed by atoms with Crippen molar-refractivity contribution < 1.29 is 84.8 Å². The lowest BCUT2D eigenvalue weighted by atomic mass is 9.83. The number of hydrogen-bond acceptors (Lipinski definition) is 17. The molecular weight excluding hydrogens is 963 g/mol. The second-order valence-corrected chi connectivity index (χ2v) is 21.7. The maximum Gasteiger partial charge on any atom is 0.330 e.